The predicted molar refractivity (Wildman–Crippen MR) is 135 cm³/mol. The highest BCUT2D eigenvalue weighted by Crippen LogP contribution is 2.34. The average molecular weight is 517 g/mol. The van der Waals surface area contributed by atoms with Gasteiger partial charge in [-0.25, -0.2) is 13.4 Å². The van der Waals surface area contributed by atoms with Gasteiger partial charge in [-0.3, -0.25) is 14.4 Å². The molecule has 178 valence electrons. The monoisotopic (exact) mass is 516 g/mol. The second-order valence-electron chi connectivity index (χ2n) is 8.72. The Hall–Kier alpha value is -2.46. The van der Waals surface area contributed by atoms with E-state index in [1.54, 1.807) is 28.6 Å². The van der Waals surface area contributed by atoms with Gasteiger partial charge >= 0.3 is 0 Å². The molecule has 1 N–H and O–H groups in total. The number of nitrogens with one attached hydrogen (secondary N) is 1. The standard InChI is InChI=1S/C24H25ClN4O3S2/c1-16-14-17(2-7-21(16)25)18-8-11-28(15-18)22-9-12-29(23(22)30)19-3-5-20(6-4-19)34(31,32)27-24-26-10-13-33-24/h2-7,10,13-14,18,22H,8-9,11-12,15H2,1H3,(H,26,27)/t18?,22-/m0/s1. The largest absolute Gasteiger partial charge is 0.311 e. The Morgan fingerprint density at radius 1 is 1.12 bits per heavy atom. The smallest absolute Gasteiger partial charge is 0.263 e. The van der Waals surface area contributed by atoms with E-state index in [1.807, 2.05) is 13.0 Å². The second kappa shape index (κ2) is 9.30. The number of likely N-dealkylation sites (tertiary alicyclic amines) is 1. The highest BCUT2D eigenvalue weighted by atomic mass is 35.5. The number of hydrogen-bond acceptors (Lipinski definition) is 6. The van der Waals surface area contributed by atoms with Crippen LogP contribution in [0.1, 0.15) is 29.9 Å². The molecule has 1 aromatic heterocycles. The summed E-state index contributed by atoms with van der Waals surface area (Å²) in [5.41, 5.74) is 3.06. The Bertz CT molecular complexity index is 1300. The van der Waals surface area contributed by atoms with Crippen molar-refractivity contribution in [2.75, 3.05) is 29.3 Å². The number of halogens is 1. The molecule has 0 saturated carbocycles. The number of aryl methyl sites for hydroxylation is 1. The van der Waals surface area contributed by atoms with Crippen LogP contribution >= 0.6 is 22.9 Å². The fourth-order valence-electron chi connectivity index (χ4n) is 4.78. The van der Waals surface area contributed by atoms with E-state index in [2.05, 4.69) is 26.7 Å². The van der Waals surface area contributed by atoms with Gasteiger partial charge in [-0.2, -0.15) is 0 Å². The zero-order valence-electron chi connectivity index (χ0n) is 18.6. The molecule has 1 amide bonds. The van der Waals surface area contributed by atoms with E-state index in [1.165, 1.54) is 29.0 Å². The van der Waals surface area contributed by atoms with Crippen LogP contribution in [0.15, 0.2) is 58.9 Å². The first-order valence-corrected chi connectivity index (χ1v) is 13.9. The molecule has 34 heavy (non-hydrogen) atoms. The van der Waals surface area contributed by atoms with Crippen molar-refractivity contribution in [1.29, 1.82) is 0 Å². The van der Waals surface area contributed by atoms with Crippen LogP contribution in [0.4, 0.5) is 10.8 Å². The van der Waals surface area contributed by atoms with Crippen molar-refractivity contribution in [3.05, 3.63) is 70.2 Å². The Morgan fingerprint density at radius 3 is 2.62 bits per heavy atom. The van der Waals surface area contributed by atoms with Crippen molar-refractivity contribution in [1.82, 2.24) is 9.88 Å². The van der Waals surface area contributed by atoms with Crippen LogP contribution in [0, 0.1) is 6.92 Å². The molecule has 2 fully saturated rings. The highest BCUT2D eigenvalue weighted by Gasteiger charge is 2.40. The number of carbonyl (C=O) groups excluding carboxylic acids is 1. The third-order valence-corrected chi connectivity index (χ3v) is 9.20. The van der Waals surface area contributed by atoms with Crippen LogP contribution in [0.25, 0.3) is 0 Å². The zero-order chi connectivity index (χ0) is 23.9. The van der Waals surface area contributed by atoms with Gasteiger partial charge in [-0.1, -0.05) is 23.7 Å². The number of hydrogen-bond donors (Lipinski definition) is 1. The average Bonchev–Trinajstić information content (AvgIpc) is 3.57. The molecule has 10 heteroatoms. The first-order chi connectivity index (χ1) is 16.3. The quantitative estimate of drug-likeness (QED) is 0.521. The molecule has 2 aromatic carbocycles. The summed E-state index contributed by atoms with van der Waals surface area (Å²) in [5.74, 6) is 0.470. The third kappa shape index (κ3) is 4.57. The van der Waals surface area contributed by atoms with E-state index in [0.29, 0.717) is 23.3 Å². The Morgan fingerprint density at radius 2 is 1.91 bits per heavy atom. The molecular formula is C24H25ClN4O3S2. The van der Waals surface area contributed by atoms with Crippen molar-refractivity contribution in [3.8, 4) is 0 Å². The van der Waals surface area contributed by atoms with Gasteiger partial charge in [0, 0.05) is 35.4 Å². The fraction of sp³-hybridized carbons (Fsp3) is 0.333. The maximum atomic E-state index is 13.3. The number of aromatic nitrogens is 1. The molecule has 0 radical (unpaired) electrons. The lowest BCUT2D eigenvalue weighted by atomic mass is 9.97. The summed E-state index contributed by atoms with van der Waals surface area (Å²) < 4.78 is 27.6. The van der Waals surface area contributed by atoms with E-state index in [0.717, 1.165) is 36.5 Å². The molecule has 3 aromatic rings. The van der Waals surface area contributed by atoms with Crippen LogP contribution in [0.5, 0.6) is 0 Å². The Kier molecular flexibility index (Phi) is 6.37. The van der Waals surface area contributed by atoms with Gasteiger partial charge < -0.3 is 4.90 Å². The number of sulfonamides is 1. The number of rotatable bonds is 6. The number of thiazole rings is 1. The predicted octanol–water partition coefficient (Wildman–Crippen LogP) is 4.50. The summed E-state index contributed by atoms with van der Waals surface area (Å²) >= 11 is 7.40. The summed E-state index contributed by atoms with van der Waals surface area (Å²) in [5, 5.41) is 2.80. The maximum Gasteiger partial charge on any atom is 0.263 e. The van der Waals surface area contributed by atoms with Gasteiger partial charge in [0.15, 0.2) is 5.13 Å². The van der Waals surface area contributed by atoms with Crippen molar-refractivity contribution in [3.63, 3.8) is 0 Å². The van der Waals surface area contributed by atoms with Crippen LogP contribution in [-0.4, -0.2) is 49.9 Å². The van der Waals surface area contributed by atoms with Gasteiger partial charge in [-0.05, 0) is 73.7 Å². The first kappa shape index (κ1) is 23.3. The molecule has 2 atom stereocenters. The van der Waals surface area contributed by atoms with Gasteiger partial charge in [0.25, 0.3) is 10.0 Å². The van der Waals surface area contributed by atoms with Crippen LogP contribution in [-0.2, 0) is 14.8 Å². The number of benzene rings is 2. The zero-order valence-corrected chi connectivity index (χ0v) is 21.0. The lowest BCUT2D eigenvalue weighted by Crippen LogP contribution is -2.40. The van der Waals surface area contributed by atoms with Gasteiger partial charge in [0.1, 0.15) is 0 Å². The molecule has 0 bridgehead atoms. The van der Waals surface area contributed by atoms with Crippen LogP contribution < -0.4 is 9.62 Å². The van der Waals surface area contributed by atoms with E-state index in [4.69, 9.17) is 11.6 Å². The molecule has 3 heterocycles. The number of amides is 1. The molecule has 0 aliphatic carbocycles. The van der Waals surface area contributed by atoms with Gasteiger partial charge in [-0.15, -0.1) is 11.3 Å². The summed E-state index contributed by atoms with van der Waals surface area (Å²) in [4.78, 5) is 21.4. The van der Waals surface area contributed by atoms with Crippen LogP contribution in [0.2, 0.25) is 5.02 Å². The van der Waals surface area contributed by atoms with Crippen molar-refractivity contribution >= 4 is 49.7 Å². The maximum absolute atomic E-state index is 13.3. The Labute approximate surface area is 208 Å². The number of nitrogens with zero attached hydrogens (tertiary/aromatic N) is 3. The van der Waals surface area contributed by atoms with E-state index in [9.17, 15) is 13.2 Å². The number of anilines is 2. The van der Waals surface area contributed by atoms with E-state index in [-0.39, 0.29) is 16.8 Å². The van der Waals surface area contributed by atoms with Crippen molar-refractivity contribution in [2.45, 2.75) is 36.6 Å². The molecule has 5 rings (SSSR count). The van der Waals surface area contributed by atoms with E-state index < -0.39 is 10.0 Å². The Balaban J connectivity index is 1.25. The summed E-state index contributed by atoms with van der Waals surface area (Å²) in [7, 11) is -3.72. The van der Waals surface area contributed by atoms with Gasteiger partial charge in [0.05, 0.1) is 10.9 Å². The summed E-state index contributed by atoms with van der Waals surface area (Å²) in [6.45, 7) is 4.37. The minimum atomic E-state index is -3.72. The summed E-state index contributed by atoms with van der Waals surface area (Å²) in [6.07, 6.45) is 3.32. The molecule has 0 spiro atoms. The van der Waals surface area contributed by atoms with E-state index >= 15 is 0 Å². The van der Waals surface area contributed by atoms with Crippen molar-refractivity contribution < 1.29 is 13.2 Å². The number of carbonyl (C=O) groups is 1. The lowest BCUT2D eigenvalue weighted by Gasteiger charge is -2.23. The van der Waals surface area contributed by atoms with Crippen LogP contribution in [0.3, 0.4) is 0 Å². The van der Waals surface area contributed by atoms with Gasteiger partial charge in [0.2, 0.25) is 5.91 Å². The molecule has 7 nitrogen and oxygen atoms in total. The minimum absolute atomic E-state index is 0.0736. The normalized spacial score (nSPS) is 21.4. The second-order valence-corrected chi connectivity index (χ2v) is 11.7. The summed E-state index contributed by atoms with van der Waals surface area (Å²) in [6, 6.07) is 12.5. The molecule has 2 aliphatic heterocycles. The molecule has 1 unspecified atom stereocenters. The first-order valence-electron chi connectivity index (χ1n) is 11.2. The minimum Gasteiger partial charge on any atom is -0.311 e. The highest BCUT2D eigenvalue weighted by molar-refractivity contribution is 7.93. The topological polar surface area (TPSA) is 82.6 Å². The lowest BCUT2D eigenvalue weighted by molar-refractivity contribution is -0.121. The third-order valence-electron chi connectivity index (χ3n) is 6.60. The van der Waals surface area contributed by atoms with Crippen molar-refractivity contribution in [2.24, 2.45) is 0 Å². The fourth-order valence-corrected chi connectivity index (χ4v) is 6.68. The molecule has 2 aliphatic rings. The SMILES string of the molecule is Cc1cc(C2CCN([C@H]3CCN(c4ccc(S(=O)(=O)Nc5nccs5)cc4)C3=O)C2)ccc1Cl. The molecule has 2 saturated heterocycles. The molecular weight excluding hydrogens is 492 g/mol.